The van der Waals surface area contributed by atoms with Gasteiger partial charge in [0.1, 0.15) is 0 Å². The van der Waals surface area contributed by atoms with Crippen molar-refractivity contribution in [2.24, 2.45) is 16.7 Å². The van der Waals surface area contributed by atoms with Gasteiger partial charge >= 0.3 is 0 Å². The largest absolute Gasteiger partial charge is 0.305 e. The normalized spacial score (nSPS) is 14.5. The van der Waals surface area contributed by atoms with Gasteiger partial charge in [-0.1, -0.05) is 60.7 Å². The fraction of sp³-hybridized carbons (Fsp3) is 1.00. The molecule has 0 saturated carbocycles. The molecule has 0 unspecified atom stereocenters. The Morgan fingerprint density at radius 1 is 0.895 bits per heavy atom. The van der Waals surface area contributed by atoms with Crippen molar-refractivity contribution in [2.75, 3.05) is 20.1 Å². The molecule has 112 valence electrons. The minimum absolute atomic E-state index is 0.0855. The van der Waals surface area contributed by atoms with Gasteiger partial charge in [0.15, 0.2) is 0 Å². The molecule has 0 bridgehead atoms. The molecule has 19 heavy (non-hydrogen) atoms. The quantitative estimate of drug-likeness (QED) is 0.571. The van der Waals surface area contributed by atoms with E-state index in [0.717, 1.165) is 25.4 Å². The van der Waals surface area contributed by atoms with Crippen molar-refractivity contribution in [3.8, 4) is 0 Å². The number of rotatable bonds is 8. The van der Waals surface area contributed by atoms with Gasteiger partial charge in [0.25, 0.3) is 0 Å². The van der Waals surface area contributed by atoms with Gasteiger partial charge in [-0.2, -0.15) is 0 Å². The van der Waals surface area contributed by atoms with Gasteiger partial charge in [0.05, 0.1) is 7.85 Å². The van der Waals surface area contributed by atoms with E-state index >= 15 is 0 Å². The van der Waals surface area contributed by atoms with E-state index in [9.17, 15) is 0 Å². The van der Waals surface area contributed by atoms with E-state index in [0.29, 0.717) is 5.41 Å². The summed E-state index contributed by atoms with van der Waals surface area (Å²) in [5, 5.41) is -0.0855. The van der Waals surface area contributed by atoms with Crippen LogP contribution in [-0.2, 0) is 0 Å². The van der Waals surface area contributed by atoms with Crippen LogP contribution in [-0.4, -0.2) is 32.9 Å². The van der Waals surface area contributed by atoms with E-state index in [1.807, 2.05) is 0 Å². The molecule has 0 heterocycles. The Balaban J connectivity index is 4.41. The Hall–Kier alpha value is 0.0249. The zero-order valence-electron chi connectivity index (χ0n) is 14.9. The van der Waals surface area contributed by atoms with Gasteiger partial charge in [-0.05, 0) is 36.6 Å². The Morgan fingerprint density at radius 2 is 1.32 bits per heavy atom. The van der Waals surface area contributed by atoms with Crippen LogP contribution in [0.25, 0.3) is 0 Å². The monoisotopic (exact) mass is 265 g/mol. The van der Waals surface area contributed by atoms with Crippen molar-refractivity contribution in [1.82, 2.24) is 4.90 Å². The van der Waals surface area contributed by atoms with E-state index in [-0.39, 0.29) is 10.7 Å². The molecule has 1 nitrogen and oxygen atoms in total. The van der Waals surface area contributed by atoms with Crippen LogP contribution >= 0.6 is 0 Å². The third kappa shape index (κ3) is 10.5. The van der Waals surface area contributed by atoms with Crippen molar-refractivity contribution in [2.45, 2.75) is 73.5 Å². The summed E-state index contributed by atoms with van der Waals surface area (Å²) in [4.78, 5) is 2.48. The van der Waals surface area contributed by atoms with Crippen LogP contribution in [0, 0.1) is 16.7 Å². The van der Waals surface area contributed by atoms with Gasteiger partial charge in [0, 0.05) is 13.1 Å². The summed E-state index contributed by atoms with van der Waals surface area (Å²) in [6, 6.07) is 0. The Morgan fingerprint density at radius 3 is 1.68 bits per heavy atom. The fourth-order valence-electron chi connectivity index (χ4n) is 3.98. The lowest BCUT2D eigenvalue weighted by molar-refractivity contribution is 0.126. The minimum Gasteiger partial charge on any atom is -0.305 e. The molecule has 0 atom stereocenters. The van der Waals surface area contributed by atoms with Crippen LogP contribution in [0.1, 0.15) is 68.2 Å². The zero-order chi connectivity index (χ0) is 15.5. The molecule has 0 saturated heterocycles. The van der Waals surface area contributed by atoms with Crippen molar-refractivity contribution in [3.05, 3.63) is 0 Å². The van der Waals surface area contributed by atoms with Crippen molar-refractivity contribution >= 4 is 7.85 Å². The molecule has 0 aliphatic rings. The highest BCUT2D eigenvalue weighted by Gasteiger charge is 2.28. The minimum atomic E-state index is -0.0855. The lowest BCUT2D eigenvalue weighted by Gasteiger charge is -2.39. The summed E-state index contributed by atoms with van der Waals surface area (Å²) in [5.74, 6) is 0.763. The predicted octanol–water partition coefficient (Wildman–Crippen LogP) is 4.77. The van der Waals surface area contributed by atoms with Crippen LogP contribution in [0.3, 0.4) is 0 Å². The predicted molar refractivity (Wildman–Crippen MR) is 88.9 cm³/mol. The summed E-state index contributed by atoms with van der Waals surface area (Å²) < 4.78 is 0. The smallest absolute Gasteiger partial charge is 0.0739 e. The molecule has 0 aliphatic carbocycles. The SMILES string of the molecule is [B]C(C)(C)CC(C)(C)CN(C)CC(C)(C)CC(C)C. The first-order valence-corrected chi connectivity index (χ1v) is 7.70. The molecule has 0 aliphatic heterocycles. The highest BCUT2D eigenvalue weighted by Crippen LogP contribution is 2.37. The van der Waals surface area contributed by atoms with Crippen molar-refractivity contribution in [3.63, 3.8) is 0 Å². The van der Waals surface area contributed by atoms with Crippen molar-refractivity contribution in [1.29, 1.82) is 0 Å². The van der Waals surface area contributed by atoms with Gasteiger partial charge < -0.3 is 4.90 Å². The van der Waals surface area contributed by atoms with Crippen LogP contribution in [0.15, 0.2) is 0 Å². The van der Waals surface area contributed by atoms with E-state index in [4.69, 9.17) is 7.85 Å². The second-order valence-electron chi connectivity index (χ2n) is 9.26. The molecule has 0 aromatic heterocycles. The molecule has 2 heteroatoms. The Kier molecular flexibility index (Phi) is 6.66. The van der Waals surface area contributed by atoms with Crippen LogP contribution in [0.4, 0.5) is 0 Å². The summed E-state index contributed by atoms with van der Waals surface area (Å²) in [6.07, 6.45) is 2.33. The highest BCUT2D eigenvalue weighted by molar-refractivity contribution is 6.14. The number of nitrogens with zero attached hydrogens (tertiary/aromatic N) is 1. The van der Waals surface area contributed by atoms with Gasteiger partial charge in [0.2, 0.25) is 0 Å². The number of hydrogen-bond donors (Lipinski definition) is 0. The van der Waals surface area contributed by atoms with Gasteiger partial charge in [-0.25, -0.2) is 0 Å². The second kappa shape index (κ2) is 6.65. The molecule has 0 amide bonds. The first-order chi connectivity index (χ1) is 8.22. The lowest BCUT2D eigenvalue weighted by Crippen LogP contribution is -2.39. The maximum absolute atomic E-state index is 6.17. The zero-order valence-corrected chi connectivity index (χ0v) is 14.9. The maximum Gasteiger partial charge on any atom is 0.0739 e. The Labute approximate surface area is 123 Å². The highest BCUT2D eigenvalue weighted by atomic mass is 15.1. The third-order valence-electron chi connectivity index (χ3n) is 3.29. The molecular formula is C17H36BN. The van der Waals surface area contributed by atoms with E-state index in [2.05, 4.69) is 67.3 Å². The fourth-order valence-corrected chi connectivity index (χ4v) is 3.98. The standard InChI is InChI=1S/C17H36BN/c1-14(2)10-15(3,4)12-19(9)13-16(5,6)11-17(7,8)18/h14H,10-13H2,1-9H3. The lowest BCUT2D eigenvalue weighted by atomic mass is 9.63. The molecule has 0 N–H and O–H groups in total. The van der Waals surface area contributed by atoms with Crippen LogP contribution in [0.5, 0.6) is 0 Å². The number of hydrogen-bond acceptors (Lipinski definition) is 1. The average molecular weight is 265 g/mol. The molecule has 0 spiro atoms. The second-order valence-corrected chi connectivity index (χ2v) is 9.26. The summed E-state index contributed by atoms with van der Waals surface area (Å²) in [7, 11) is 8.42. The van der Waals surface area contributed by atoms with Gasteiger partial charge in [-0.3, -0.25) is 0 Å². The van der Waals surface area contributed by atoms with Crippen LogP contribution in [0.2, 0.25) is 5.31 Å². The maximum atomic E-state index is 6.17. The molecule has 0 aromatic rings. The molecular weight excluding hydrogens is 229 g/mol. The molecule has 0 fully saturated rings. The summed E-state index contributed by atoms with van der Waals surface area (Å²) >= 11 is 0. The van der Waals surface area contributed by atoms with Crippen molar-refractivity contribution < 1.29 is 0 Å². The summed E-state index contributed by atoms with van der Waals surface area (Å²) in [6.45, 7) is 20.5. The van der Waals surface area contributed by atoms with E-state index in [1.54, 1.807) is 0 Å². The molecule has 0 rings (SSSR count). The topological polar surface area (TPSA) is 3.24 Å². The van der Waals surface area contributed by atoms with E-state index < -0.39 is 0 Å². The molecule has 0 aromatic carbocycles. The van der Waals surface area contributed by atoms with Crippen LogP contribution < -0.4 is 0 Å². The average Bonchev–Trinajstić information content (AvgIpc) is 1.89. The van der Waals surface area contributed by atoms with E-state index in [1.165, 1.54) is 6.42 Å². The Bertz CT molecular complexity index is 261. The first kappa shape index (κ1) is 19.0. The first-order valence-electron chi connectivity index (χ1n) is 7.70. The molecule has 2 radical (unpaired) electrons. The summed E-state index contributed by atoms with van der Waals surface area (Å²) in [5.41, 5.74) is 0.651. The third-order valence-corrected chi connectivity index (χ3v) is 3.29. The van der Waals surface area contributed by atoms with Gasteiger partial charge in [-0.15, -0.1) is 0 Å².